The number of carboxylic acids is 1. The number of unbranched alkanes of at least 4 members (excludes halogenated alkanes) is 4. The Morgan fingerprint density at radius 2 is 1.37 bits per heavy atom. The third-order valence-corrected chi connectivity index (χ3v) is 9.18. The third kappa shape index (κ3) is 13.0. The number of nitrogens with one attached hydrogen (secondary N) is 3. The van der Waals surface area contributed by atoms with Gasteiger partial charge in [-0.05, 0) is 68.0 Å². The number of rotatable bonds is 20. The van der Waals surface area contributed by atoms with Crippen molar-refractivity contribution >= 4 is 41.2 Å². The highest BCUT2D eigenvalue weighted by Gasteiger charge is 2.39. The average Bonchev–Trinajstić information content (AvgIpc) is 3.60. The molecule has 3 rings (SSSR count). The van der Waals surface area contributed by atoms with E-state index in [1.54, 1.807) is 12.1 Å². The minimum atomic E-state index is -1.52. The zero-order chi connectivity index (χ0) is 37.5. The van der Waals surface area contributed by atoms with Gasteiger partial charge in [-0.15, -0.1) is 11.6 Å². The van der Waals surface area contributed by atoms with Crippen LogP contribution < -0.4 is 21.7 Å². The standard InChI is InChI=1S/C36H50ClN5O9/c1-22(39-34(48)31(45)27(38)8-5-3-2-4-6-18-37)35(49)42-19-7-9-30(42)33(47)40-28(20-23-10-14-25(43)15-11-23)32(46)41-29(36(50)51)21-24-12-16-26(44)17-13-24/h10-17,22,27-31,43-45H,2-9,18-21,38H2,1H3,(H,39,48)(H,40,47)(H,41,46)(H,50,51)/t22-,27?,28-,29-,30-,31?/m1/s1. The summed E-state index contributed by atoms with van der Waals surface area (Å²) in [6.07, 6.45) is 4.03. The summed E-state index contributed by atoms with van der Waals surface area (Å²) in [6.45, 7) is 1.66. The normalized spacial score (nSPS) is 17.1. The largest absolute Gasteiger partial charge is 0.508 e. The first-order valence-electron chi connectivity index (χ1n) is 17.3. The van der Waals surface area contributed by atoms with Gasteiger partial charge in [0.2, 0.25) is 17.7 Å². The highest BCUT2D eigenvalue weighted by Crippen LogP contribution is 2.20. The Morgan fingerprint density at radius 1 is 0.824 bits per heavy atom. The highest BCUT2D eigenvalue weighted by atomic mass is 35.5. The number of amides is 4. The lowest BCUT2D eigenvalue weighted by Crippen LogP contribution is -2.58. The van der Waals surface area contributed by atoms with Crippen LogP contribution in [0.3, 0.4) is 0 Å². The number of alkyl halides is 1. The number of likely N-dealkylation sites (tertiary alicyclic amines) is 1. The number of halogens is 1. The van der Waals surface area contributed by atoms with Gasteiger partial charge in [0.05, 0.1) is 0 Å². The van der Waals surface area contributed by atoms with Crippen molar-refractivity contribution < 1.29 is 44.4 Å². The molecule has 2 aromatic carbocycles. The molecule has 4 amide bonds. The van der Waals surface area contributed by atoms with Crippen molar-refractivity contribution in [2.75, 3.05) is 12.4 Å². The fourth-order valence-corrected chi connectivity index (χ4v) is 6.14. The molecule has 0 spiro atoms. The lowest BCUT2D eigenvalue weighted by Gasteiger charge is -2.29. The van der Waals surface area contributed by atoms with Crippen LogP contribution in [0.2, 0.25) is 0 Å². The summed E-state index contributed by atoms with van der Waals surface area (Å²) < 4.78 is 0. The molecule has 1 fully saturated rings. The first kappa shape index (κ1) is 41.0. The monoisotopic (exact) mass is 731 g/mol. The van der Waals surface area contributed by atoms with E-state index in [9.17, 15) is 44.4 Å². The second kappa shape index (κ2) is 20.4. The minimum absolute atomic E-state index is 0.0000117. The Kier molecular flexibility index (Phi) is 16.4. The molecule has 51 heavy (non-hydrogen) atoms. The van der Waals surface area contributed by atoms with E-state index in [1.807, 2.05) is 0 Å². The van der Waals surface area contributed by atoms with E-state index in [2.05, 4.69) is 16.0 Å². The Labute approximate surface area is 302 Å². The lowest BCUT2D eigenvalue weighted by atomic mass is 10.0. The lowest BCUT2D eigenvalue weighted by molar-refractivity contribution is -0.143. The van der Waals surface area contributed by atoms with E-state index in [1.165, 1.54) is 48.2 Å². The molecular weight excluding hydrogens is 682 g/mol. The highest BCUT2D eigenvalue weighted by molar-refractivity contribution is 6.17. The Bertz CT molecular complexity index is 1460. The van der Waals surface area contributed by atoms with Crippen LogP contribution in [-0.2, 0) is 36.8 Å². The molecule has 0 saturated carbocycles. The van der Waals surface area contributed by atoms with Crippen LogP contribution >= 0.6 is 11.6 Å². The summed E-state index contributed by atoms with van der Waals surface area (Å²) in [4.78, 5) is 66.9. The van der Waals surface area contributed by atoms with E-state index in [0.717, 1.165) is 32.1 Å². The number of carboxylic acid groups (broad SMARTS) is 1. The van der Waals surface area contributed by atoms with Crippen LogP contribution in [0, 0.1) is 0 Å². The number of carbonyl (C=O) groups is 5. The number of hydrogen-bond donors (Lipinski definition) is 8. The summed E-state index contributed by atoms with van der Waals surface area (Å²) in [5.41, 5.74) is 7.16. The maximum Gasteiger partial charge on any atom is 0.326 e. The van der Waals surface area contributed by atoms with Crippen LogP contribution in [0.5, 0.6) is 11.5 Å². The van der Waals surface area contributed by atoms with Gasteiger partial charge >= 0.3 is 5.97 Å². The van der Waals surface area contributed by atoms with Gasteiger partial charge in [-0.3, -0.25) is 19.2 Å². The van der Waals surface area contributed by atoms with Crippen LogP contribution in [-0.4, -0.2) is 104 Å². The fourth-order valence-electron chi connectivity index (χ4n) is 5.95. The Morgan fingerprint density at radius 3 is 1.94 bits per heavy atom. The van der Waals surface area contributed by atoms with E-state index in [0.29, 0.717) is 29.8 Å². The van der Waals surface area contributed by atoms with Gasteiger partial charge in [0.25, 0.3) is 5.91 Å². The summed E-state index contributed by atoms with van der Waals surface area (Å²) in [6, 6.07) is 6.32. The van der Waals surface area contributed by atoms with Gasteiger partial charge in [0, 0.05) is 31.3 Å². The van der Waals surface area contributed by atoms with Gasteiger partial charge in [0.15, 0.2) is 0 Å². The number of aliphatic hydroxyl groups is 1. The van der Waals surface area contributed by atoms with E-state index < -0.39 is 65.9 Å². The molecule has 1 heterocycles. The van der Waals surface area contributed by atoms with Crippen LogP contribution in [0.1, 0.15) is 69.4 Å². The molecule has 0 bridgehead atoms. The second-order valence-corrected chi connectivity index (χ2v) is 13.4. The van der Waals surface area contributed by atoms with Crippen LogP contribution in [0.25, 0.3) is 0 Å². The number of carbonyl (C=O) groups excluding carboxylic acids is 4. The summed E-state index contributed by atoms with van der Waals surface area (Å²) in [7, 11) is 0. The van der Waals surface area contributed by atoms with Gasteiger partial charge in [-0.1, -0.05) is 49.9 Å². The second-order valence-electron chi connectivity index (χ2n) is 13.0. The number of nitrogens with two attached hydrogens (primary N) is 1. The van der Waals surface area contributed by atoms with Crippen molar-refractivity contribution in [2.24, 2.45) is 5.73 Å². The topological polar surface area (TPSA) is 232 Å². The molecule has 1 saturated heterocycles. The van der Waals surface area contributed by atoms with E-state index in [4.69, 9.17) is 17.3 Å². The summed E-state index contributed by atoms with van der Waals surface area (Å²) >= 11 is 5.69. The predicted octanol–water partition coefficient (Wildman–Crippen LogP) is 1.70. The molecule has 0 aliphatic carbocycles. The SMILES string of the molecule is C[C@@H](NC(=O)C(O)C(N)CCCCCCCCl)C(=O)N1CCC[C@@H]1C(=O)N[C@H](Cc1ccc(O)cc1)C(=O)N[C@H](Cc1ccc(O)cc1)C(=O)O. The Balaban J connectivity index is 1.66. The number of aliphatic hydroxyl groups excluding tert-OH is 1. The predicted molar refractivity (Wildman–Crippen MR) is 190 cm³/mol. The van der Waals surface area contributed by atoms with Crippen molar-refractivity contribution in [2.45, 2.75) is 107 Å². The van der Waals surface area contributed by atoms with Gasteiger partial charge in [0.1, 0.15) is 41.8 Å². The molecule has 2 unspecified atom stereocenters. The molecule has 14 nitrogen and oxygen atoms in total. The maximum atomic E-state index is 13.7. The molecule has 280 valence electrons. The van der Waals surface area contributed by atoms with Crippen molar-refractivity contribution in [1.82, 2.24) is 20.9 Å². The minimum Gasteiger partial charge on any atom is -0.508 e. The van der Waals surface area contributed by atoms with Gasteiger partial charge in [-0.2, -0.15) is 0 Å². The molecule has 0 aromatic heterocycles. The zero-order valence-electron chi connectivity index (χ0n) is 28.8. The first-order valence-corrected chi connectivity index (χ1v) is 17.8. The molecule has 6 atom stereocenters. The molecule has 15 heteroatoms. The molecule has 2 aromatic rings. The van der Waals surface area contributed by atoms with Crippen molar-refractivity contribution in [1.29, 1.82) is 0 Å². The van der Waals surface area contributed by atoms with Crippen molar-refractivity contribution in [3.63, 3.8) is 0 Å². The van der Waals surface area contributed by atoms with Crippen molar-refractivity contribution in [3.8, 4) is 11.5 Å². The third-order valence-electron chi connectivity index (χ3n) is 8.91. The maximum absolute atomic E-state index is 13.7. The smallest absolute Gasteiger partial charge is 0.326 e. The van der Waals surface area contributed by atoms with Crippen molar-refractivity contribution in [3.05, 3.63) is 59.7 Å². The number of phenols is 2. The molecular formula is C36H50ClN5O9. The summed E-state index contributed by atoms with van der Waals surface area (Å²) in [5, 5.41) is 47.3. The van der Waals surface area contributed by atoms with Gasteiger partial charge in [-0.25, -0.2) is 4.79 Å². The van der Waals surface area contributed by atoms with Crippen LogP contribution in [0.15, 0.2) is 48.5 Å². The quantitative estimate of drug-likeness (QED) is 0.0726. The fraction of sp³-hybridized carbons (Fsp3) is 0.528. The number of benzene rings is 2. The zero-order valence-corrected chi connectivity index (χ0v) is 29.6. The van der Waals surface area contributed by atoms with E-state index >= 15 is 0 Å². The molecule has 1 aliphatic heterocycles. The number of phenolic OH excluding ortho intramolecular Hbond substituents is 2. The molecule has 9 N–H and O–H groups in total. The van der Waals surface area contributed by atoms with Gasteiger partial charge < -0.3 is 47.0 Å². The van der Waals surface area contributed by atoms with Crippen LogP contribution in [0.4, 0.5) is 0 Å². The number of aliphatic carboxylic acids is 1. The average molecular weight is 732 g/mol. The molecule has 1 aliphatic rings. The first-order chi connectivity index (χ1) is 24.3. The number of aromatic hydroxyl groups is 2. The number of hydrogen-bond acceptors (Lipinski definition) is 9. The summed E-state index contributed by atoms with van der Waals surface area (Å²) in [5.74, 6) is -3.48. The Hall–Kier alpha value is -4.40. The number of nitrogens with zero attached hydrogens (tertiary/aromatic N) is 1. The molecule has 0 radical (unpaired) electrons. The van der Waals surface area contributed by atoms with E-state index in [-0.39, 0.29) is 37.3 Å².